The maximum absolute atomic E-state index is 13.9. The highest BCUT2D eigenvalue weighted by Crippen LogP contribution is 2.36. The van der Waals surface area contributed by atoms with Crippen LogP contribution in [0.25, 0.3) is 10.4 Å². The van der Waals surface area contributed by atoms with Crippen LogP contribution in [0.2, 0.25) is 0 Å². The molecule has 64 heavy (non-hydrogen) atoms. The van der Waals surface area contributed by atoms with Gasteiger partial charge in [-0.2, -0.15) is 0 Å². The van der Waals surface area contributed by atoms with Gasteiger partial charge in [0.1, 0.15) is 18.7 Å². The van der Waals surface area contributed by atoms with E-state index in [0.717, 1.165) is 27.3 Å². The van der Waals surface area contributed by atoms with Crippen molar-refractivity contribution in [3.8, 4) is 10.4 Å². The molecule has 0 radical (unpaired) electrons. The fourth-order valence-electron chi connectivity index (χ4n) is 7.86. The van der Waals surface area contributed by atoms with Crippen molar-refractivity contribution in [1.29, 1.82) is 0 Å². The van der Waals surface area contributed by atoms with Crippen molar-refractivity contribution < 1.29 is 48.0 Å². The smallest absolute Gasteiger partial charge is 0.246 e. The first-order valence-electron chi connectivity index (χ1n) is 21.8. The Morgan fingerprint density at radius 3 is 2.12 bits per heavy atom. The molecular formula is C47H64N6O10S. The second-order valence-electron chi connectivity index (χ2n) is 17.1. The summed E-state index contributed by atoms with van der Waals surface area (Å²) in [7, 11) is 0. The molecule has 16 nitrogen and oxygen atoms in total. The Kier molecular flexibility index (Phi) is 19.0. The van der Waals surface area contributed by atoms with Gasteiger partial charge in [-0.3, -0.25) is 24.0 Å². The number of hydrogen-bond acceptors (Lipinski definition) is 12. The van der Waals surface area contributed by atoms with Crippen LogP contribution in [0.5, 0.6) is 0 Å². The summed E-state index contributed by atoms with van der Waals surface area (Å²) in [6.07, 6.45) is 1.56. The van der Waals surface area contributed by atoms with E-state index in [0.29, 0.717) is 65.5 Å². The van der Waals surface area contributed by atoms with Crippen LogP contribution in [0.15, 0.2) is 72.8 Å². The van der Waals surface area contributed by atoms with Gasteiger partial charge in [-0.05, 0) is 47.9 Å². The van der Waals surface area contributed by atoms with Gasteiger partial charge in [0.15, 0.2) is 0 Å². The molecule has 17 heteroatoms. The monoisotopic (exact) mass is 904 g/mol. The first-order chi connectivity index (χ1) is 30.7. The normalized spacial score (nSPS) is 17.7. The molecule has 2 aromatic carbocycles. The molecule has 2 aliphatic rings. The fraction of sp³-hybridized carbons (Fsp3) is 0.532. The number of amides is 5. The van der Waals surface area contributed by atoms with E-state index >= 15 is 0 Å². The van der Waals surface area contributed by atoms with Crippen molar-refractivity contribution in [2.75, 3.05) is 79.0 Å². The number of ether oxygens (including phenoxy) is 4. The molecule has 5 amide bonds. The molecule has 0 saturated carbocycles. The number of carbonyl (C=O) groups is 5. The Hall–Kier alpha value is -5.04. The lowest BCUT2D eigenvalue weighted by Crippen LogP contribution is -2.58. The van der Waals surface area contributed by atoms with Gasteiger partial charge < -0.3 is 49.8 Å². The quantitative estimate of drug-likeness (QED) is 0.0806. The van der Waals surface area contributed by atoms with Crippen molar-refractivity contribution in [3.05, 3.63) is 89.6 Å². The molecule has 0 bridgehead atoms. The molecule has 5 rings (SSSR count). The Morgan fingerprint density at radius 1 is 0.906 bits per heavy atom. The predicted molar refractivity (Wildman–Crippen MR) is 242 cm³/mol. The third kappa shape index (κ3) is 14.0. The van der Waals surface area contributed by atoms with E-state index in [1.54, 1.807) is 16.2 Å². The number of aliphatic hydroxyl groups excluding tert-OH is 1. The summed E-state index contributed by atoms with van der Waals surface area (Å²) in [5, 5.41) is 19.2. The number of aromatic nitrogens is 1. The number of carbonyl (C=O) groups excluding carboxylic acids is 5. The van der Waals surface area contributed by atoms with E-state index in [2.05, 4.69) is 27.5 Å². The maximum atomic E-state index is 13.9. The van der Waals surface area contributed by atoms with E-state index in [1.165, 1.54) is 11.0 Å². The molecule has 348 valence electrons. The maximum Gasteiger partial charge on any atom is 0.246 e. The summed E-state index contributed by atoms with van der Waals surface area (Å²) >= 11 is 1.57. The number of thiazole rings is 1. The molecule has 3 heterocycles. The summed E-state index contributed by atoms with van der Waals surface area (Å²) < 4.78 is 22.3. The number of piperidine rings is 1. The minimum absolute atomic E-state index is 0.0225. The molecule has 2 aliphatic heterocycles. The van der Waals surface area contributed by atoms with Crippen LogP contribution in [0.1, 0.15) is 56.9 Å². The first-order valence-corrected chi connectivity index (χ1v) is 22.7. The Morgan fingerprint density at radius 2 is 1.53 bits per heavy atom. The van der Waals surface area contributed by atoms with Crippen LogP contribution < -0.4 is 16.0 Å². The third-order valence-electron chi connectivity index (χ3n) is 11.5. The van der Waals surface area contributed by atoms with Gasteiger partial charge >= 0.3 is 0 Å². The lowest BCUT2D eigenvalue weighted by atomic mass is 9.72. The van der Waals surface area contributed by atoms with Crippen molar-refractivity contribution in [2.24, 2.45) is 5.41 Å². The Labute approximate surface area is 380 Å². The highest BCUT2D eigenvalue weighted by molar-refractivity contribution is 7.13. The molecule has 0 spiro atoms. The van der Waals surface area contributed by atoms with Crippen LogP contribution in [-0.2, 0) is 54.9 Å². The molecular weight excluding hydrogens is 841 g/mol. The molecule has 2 fully saturated rings. The van der Waals surface area contributed by atoms with Gasteiger partial charge in [-0.15, -0.1) is 11.3 Å². The van der Waals surface area contributed by atoms with Gasteiger partial charge in [-0.1, -0.05) is 81.9 Å². The van der Waals surface area contributed by atoms with Crippen molar-refractivity contribution in [3.63, 3.8) is 0 Å². The Balaban J connectivity index is 0.926. The number of likely N-dealkylation sites (tertiary alicyclic amines) is 2. The summed E-state index contributed by atoms with van der Waals surface area (Å²) in [6.45, 7) is 14.2. The molecule has 0 aliphatic carbocycles. The number of β-amino-alcohol motifs (C(OH)–C–C–N with tert-alkyl or cyclic N) is 1. The van der Waals surface area contributed by atoms with Crippen molar-refractivity contribution in [1.82, 2.24) is 30.7 Å². The second kappa shape index (κ2) is 24.3. The zero-order valence-electron chi connectivity index (χ0n) is 37.5. The summed E-state index contributed by atoms with van der Waals surface area (Å²) in [6, 6.07) is 15.7. The minimum atomic E-state index is -0.972. The van der Waals surface area contributed by atoms with Gasteiger partial charge in [0.05, 0.1) is 73.8 Å². The molecule has 3 aromatic rings. The summed E-state index contributed by atoms with van der Waals surface area (Å²) in [5.74, 6) is -1.53. The van der Waals surface area contributed by atoms with Crippen molar-refractivity contribution >= 4 is 40.9 Å². The average molecular weight is 905 g/mol. The van der Waals surface area contributed by atoms with Gasteiger partial charge in [0.2, 0.25) is 29.5 Å². The fourth-order valence-corrected chi connectivity index (χ4v) is 8.67. The number of benzene rings is 2. The van der Waals surface area contributed by atoms with Crippen LogP contribution in [0.4, 0.5) is 0 Å². The van der Waals surface area contributed by atoms with Gasteiger partial charge in [0.25, 0.3) is 0 Å². The topological polar surface area (TPSA) is 198 Å². The average Bonchev–Trinajstić information content (AvgIpc) is 3.91. The largest absolute Gasteiger partial charge is 0.391 e. The van der Waals surface area contributed by atoms with E-state index in [9.17, 15) is 29.1 Å². The summed E-state index contributed by atoms with van der Waals surface area (Å²) in [5.41, 5.74) is 4.21. The van der Waals surface area contributed by atoms with E-state index < -0.39 is 40.8 Å². The van der Waals surface area contributed by atoms with Crippen molar-refractivity contribution in [2.45, 2.75) is 77.1 Å². The first kappa shape index (κ1) is 50.0. The van der Waals surface area contributed by atoms with E-state index in [4.69, 9.17) is 18.9 Å². The number of nitrogens with one attached hydrogen (secondary N) is 3. The lowest BCUT2D eigenvalue weighted by Gasteiger charge is -2.40. The number of hydrogen-bond donors (Lipinski definition) is 4. The van der Waals surface area contributed by atoms with Crippen LogP contribution in [-0.4, -0.2) is 147 Å². The van der Waals surface area contributed by atoms with Crippen LogP contribution >= 0.6 is 11.3 Å². The molecule has 1 aromatic heterocycles. The van der Waals surface area contributed by atoms with E-state index in [-0.39, 0.29) is 57.1 Å². The zero-order valence-corrected chi connectivity index (χ0v) is 38.3. The second-order valence-corrected chi connectivity index (χ2v) is 17.9. The molecule has 4 N–H and O–H groups in total. The molecule has 3 atom stereocenters. The highest BCUT2D eigenvalue weighted by Gasteiger charge is 2.45. The van der Waals surface area contributed by atoms with Gasteiger partial charge in [0, 0.05) is 39.1 Å². The third-order valence-corrected chi connectivity index (χ3v) is 12.4. The minimum Gasteiger partial charge on any atom is -0.391 e. The lowest BCUT2D eigenvalue weighted by molar-refractivity contribution is -0.144. The number of aryl methyl sites for hydroxylation is 1. The predicted octanol–water partition coefficient (Wildman–Crippen LogP) is 3.16. The van der Waals surface area contributed by atoms with Gasteiger partial charge in [-0.25, -0.2) is 4.98 Å². The SMILES string of the molecule is C=CC(=O)N1CCC(C(=O)NCCOCCOCCOCCOCC(=O)N[C@H](C(=O)N2C[C@H](O)C[C@H]2C(=O)NCc2ccc(-c3scnc3C)cc2)C(C)(C)C)(c2ccccc2)CC1. The number of nitrogens with zero attached hydrogens (tertiary/aromatic N) is 3. The zero-order chi connectivity index (χ0) is 46.1. The number of rotatable bonds is 23. The molecule has 2 saturated heterocycles. The standard InChI is InChI=1S/C47H64N6O10S/c1-6-40(56)52-19-16-47(17-20-52,36-10-8-7-9-11-36)45(59)48-18-21-60-22-23-61-24-25-62-26-27-63-31-39(55)51-42(46(3,4)5)44(58)53-30-37(54)28-38(53)43(57)49-29-34-12-14-35(15-13-34)41-33(2)50-32-64-41/h6-15,32,37-38,42,54H,1,16-31H2,2-5H3,(H,48,59)(H,49,57)(H,51,55)/t37-,38+,42-/m1/s1. The highest BCUT2D eigenvalue weighted by atomic mass is 32.1. The van der Waals surface area contributed by atoms with E-state index in [1.807, 2.05) is 87.8 Å². The summed E-state index contributed by atoms with van der Waals surface area (Å²) in [4.78, 5) is 74.3. The Bertz CT molecular complexity index is 2000. The number of aliphatic hydroxyl groups is 1. The van der Waals surface area contributed by atoms with Crippen LogP contribution in [0, 0.1) is 12.3 Å². The van der Waals surface area contributed by atoms with Crippen LogP contribution in [0.3, 0.4) is 0 Å². The molecule has 0 unspecified atom stereocenters.